The van der Waals surface area contributed by atoms with Gasteiger partial charge >= 0.3 is 0 Å². The summed E-state index contributed by atoms with van der Waals surface area (Å²) in [4.78, 5) is 25.3. The molecule has 0 radical (unpaired) electrons. The van der Waals surface area contributed by atoms with Gasteiger partial charge in [-0.05, 0) is 82.4 Å². The van der Waals surface area contributed by atoms with E-state index < -0.39 is 0 Å². The molecule has 0 aromatic carbocycles. The molecule has 6 heteroatoms. The van der Waals surface area contributed by atoms with Crippen LogP contribution in [0.3, 0.4) is 0 Å². The van der Waals surface area contributed by atoms with Crippen LogP contribution in [-0.2, 0) is 24.1 Å². The predicted molar refractivity (Wildman–Crippen MR) is 129 cm³/mol. The van der Waals surface area contributed by atoms with Gasteiger partial charge in [0.1, 0.15) is 0 Å². The van der Waals surface area contributed by atoms with Crippen molar-refractivity contribution in [2.75, 3.05) is 19.6 Å². The van der Waals surface area contributed by atoms with Crippen LogP contribution >= 0.6 is 11.3 Å². The van der Waals surface area contributed by atoms with E-state index in [1.54, 1.807) is 11.3 Å². The molecule has 2 saturated carbocycles. The molecule has 5 rings (SSSR count). The topological polar surface area (TPSA) is 58.1 Å². The number of aryl methyl sites for hydroxylation is 1. The van der Waals surface area contributed by atoms with Crippen LogP contribution in [0.5, 0.6) is 0 Å². The maximum atomic E-state index is 12.3. The third-order valence-corrected chi connectivity index (χ3v) is 8.43. The van der Waals surface area contributed by atoms with E-state index in [0.29, 0.717) is 12.5 Å². The Balaban J connectivity index is 1.02. The fourth-order valence-electron chi connectivity index (χ4n) is 5.36. The lowest BCUT2D eigenvalue weighted by Gasteiger charge is -2.30. The second-order valence-electron chi connectivity index (χ2n) is 10.1. The minimum Gasteiger partial charge on any atom is -0.353 e. The smallest absolute Gasteiger partial charge is 0.225 e. The first-order valence-electron chi connectivity index (χ1n) is 12.5. The molecule has 1 amide bonds. The molecule has 3 heterocycles. The lowest BCUT2D eigenvalue weighted by atomic mass is 9.84. The molecule has 1 N–H and O–H groups in total. The summed E-state index contributed by atoms with van der Waals surface area (Å²) >= 11 is 1.62. The lowest BCUT2D eigenvalue weighted by molar-refractivity contribution is -0.121. The van der Waals surface area contributed by atoms with E-state index in [0.717, 1.165) is 53.9 Å². The second kappa shape index (κ2) is 10.0. The molecule has 0 unspecified atom stereocenters. The highest BCUT2D eigenvalue weighted by Gasteiger charge is 2.27. The summed E-state index contributed by atoms with van der Waals surface area (Å²) in [5.41, 5.74) is 4.17. The van der Waals surface area contributed by atoms with Gasteiger partial charge in [0, 0.05) is 53.9 Å². The van der Waals surface area contributed by atoms with Gasteiger partial charge in [-0.1, -0.05) is 6.07 Å². The van der Waals surface area contributed by atoms with E-state index in [1.165, 1.54) is 62.1 Å². The molecular formula is C26H36N4OS. The molecule has 2 fully saturated rings. The number of nitrogens with zero attached hydrogens (tertiary/aromatic N) is 3. The molecule has 172 valence electrons. The fourth-order valence-corrected chi connectivity index (χ4v) is 6.15. The standard InChI is InChI=1S/C26H36N4OS/c1-18-27-17-23(32-18)16-26(31)28-22-7-2-19(3-8-22)10-13-30-14-11-21-6-9-24(20-4-5-20)29-25(21)12-15-30/h6,9,17,19-20,22H,2-5,7-8,10-16H2,1H3,(H,28,31)/t19-,22-. The number of rotatable bonds is 7. The van der Waals surface area contributed by atoms with Crippen molar-refractivity contribution < 1.29 is 4.79 Å². The van der Waals surface area contributed by atoms with E-state index in [9.17, 15) is 4.79 Å². The quantitative estimate of drug-likeness (QED) is 0.675. The highest BCUT2D eigenvalue weighted by molar-refractivity contribution is 7.11. The molecule has 1 aliphatic heterocycles. The van der Waals surface area contributed by atoms with Crippen LogP contribution < -0.4 is 5.32 Å². The summed E-state index contributed by atoms with van der Waals surface area (Å²) in [7, 11) is 0. The van der Waals surface area contributed by atoms with Crippen molar-refractivity contribution in [1.29, 1.82) is 0 Å². The Morgan fingerprint density at radius 2 is 1.94 bits per heavy atom. The van der Waals surface area contributed by atoms with Gasteiger partial charge in [-0.25, -0.2) is 4.98 Å². The average Bonchev–Trinajstić information content (AvgIpc) is 3.59. The Hall–Kier alpha value is -1.79. The number of carbonyl (C=O) groups excluding carboxylic acids is 1. The molecule has 2 aromatic heterocycles. The van der Waals surface area contributed by atoms with Crippen molar-refractivity contribution in [3.05, 3.63) is 45.2 Å². The van der Waals surface area contributed by atoms with E-state index in [-0.39, 0.29) is 5.91 Å². The first-order chi connectivity index (χ1) is 15.6. The third-order valence-electron chi connectivity index (χ3n) is 7.52. The molecular weight excluding hydrogens is 416 g/mol. The van der Waals surface area contributed by atoms with Crippen LogP contribution in [0.15, 0.2) is 18.3 Å². The zero-order valence-electron chi connectivity index (χ0n) is 19.3. The summed E-state index contributed by atoms with van der Waals surface area (Å²) in [6.45, 7) is 5.51. The number of aromatic nitrogens is 2. The number of hydrogen-bond donors (Lipinski definition) is 1. The van der Waals surface area contributed by atoms with Gasteiger partial charge in [0.25, 0.3) is 0 Å². The Bertz CT molecular complexity index is 930. The highest BCUT2D eigenvalue weighted by atomic mass is 32.1. The van der Waals surface area contributed by atoms with Gasteiger partial charge in [0.05, 0.1) is 11.4 Å². The van der Waals surface area contributed by atoms with E-state index in [2.05, 4.69) is 27.3 Å². The molecule has 0 spiro atoms. The summed E-state index contributed by atoms with van der Waals surface area (Å²) in [6, 6.07) is 4.99. The van der Waals surface area contributed by atoms with Crippen LogP contribution in [-0.4, -0.2) is 46.5 Å². The van der Waals surface area contributed by atoms with Gasteiger partial charge in [-0.3, -0.25) is 9.78 Å². The first-order valence-corrected chi connectivity index (χ1v) is 13.4. The molecule has 0 bridgehead atoms. The lowest BCUT2D eigenvalue weighted by Crippen LogP contribution is -2.38. The molecule has 32 heavy (non-hydrogen) atoms. The fraction of sp³-hybridized carbons (Fsp3) is 0.654. The summed E-state index contributed by atoms with van der Waals surface area (Å²) in [5, 5.41) is 4.29. The van der Waals surface area contributed by atoms with Gasteiger partial charge in [-0.15, -0.1) is 11.3 Å². The zero-order chi connectivity index (χ0) is 21.9. The van der Waals surface area contributed by atoms with Crippen LogP contribution in [0, 0.1) is 12.8 Å². The Morgan fingerprint density at radius 3 is 2.69 bits per heavy atom. The van der Waals surface area contributed by atoms with Crippen LogP contribution in [0.4, 0.5) is 0 Å². The Labute approximate surface area is 196 Å². The maximum absolute atomic E-state index is 12.3. The largest absolute Gasteiger partial charge is 0.353 e. The zero-order valence-corrected chi connectivity index (χ0v) is 20.1. The Morgan fingerprint density at radius 1 is 1.12 bits per heavy atom. The molecule has 0 saturated heterocycles. The number of thiazole rings is 1. The van der Waals surface area contributed by atoms with Crippen LogP contribution in [0.25, 0.3) is 0 Å². The highest BCUT2D eigenvalue weighted by Crippen LogP contribution is 2.39. The number of amides is 1. The normalized spacial score (nSPS) is 24.0. The first kappa shape index (κ1) is 22.0. The van der Waals surface area contributed by atoms with Crippen molar-refractivity contribution in [1.82, 2.24) is 20.2 Å². The SMILES string of the molecule is Cc1ncc(CC(=O)N[C@H]2CC[C@H](CCN3CCc4ccc(C5CC5)nc4CC3)CC2)s1. The maximum Gasteiger partial charge on any atom is 0.225 e. The molecule has 2 aliphatic carbocycles. The van der Waals surface area contributed by atoms with Crippen molar-refractivity contribution in [2.45, 2.75) is 83.1 Å². The van der Waals surface area contributed by atoms with Gasteiger partial charge < -0.3 is 10.2 Å². The van der Waals surface area contributed by atoms with Gasteiger partial charge in [0.15, 0.2) is 0 Å². The number of fused-ring (bicyclic) bond motifs is 1. The summed E-state index contributed by atoms with van der Waals surface area (Å²) in [6.07, 6.45) is 13.2. The summed E-state index contributed by atoms with van der Waals surface area (Å²) < 4.78 is 0. The second-order valence-corrected chi connectivity index (χ2v) is 11.4. The van der Waals surface area contributed by atoms with Gasteiger partial charge in [0.2, 0.25) is 5.91 Å². The molecule has 2 aromatic rings. The minimum atomic E-state index is 0.152. The van der Waals surface area contributed by atoms with Crippen LogP contribution in [0.2, 0.25) is 0 Å². The van der Waals surface area contributed by atoms with Gasteiger partial charge in [-0.2, -0.15) is 0 Å². The Kier molecular flexibility index (Phi) is 6.88. The third kappa shape index (κ3) is 5.76. The average molecular weight is 453 g/mol. The van der Waals surface area contributed by atoms with Crippen molar-refractivity contribution >= 4 is 17.2 Å². The predicted octanol–water partition coefficient (Wildman–Crippen LogP) is 4.43. The van der Waals surface area contributed by atoms with E-state index in [1.807, 2.05) is 13.1 Å². The summed E-state index contributed by atoms with van der Waals surface area (Å²) in [5.74, 6) is 1.70. The number of pyridine rings is 1. The van der Waals surface area contributed by atoms with E-state index in [4.69, 9.17) is 4.98 Å². The molecule has 3 aliphatic rings. The van der Waals surface area contributed by atoms with E-state index >= 15 is 0 Å². The van der Waals surface area contributed by atoms with Crippen molar-refractivity contribution in [2.24, 2.45) is 5.92 Å². The molecule has 0 atom stereocenters. The number of hydrogen-bond acceptors (Lipinski definition) is 5. The van der Waals surface area contributed by atoms with Crippen molar-refractivity contribution in [3.63, 3.8) is 0 Å². The van der Waals surface area contributed by atoms with Crippen LogP contribution in [0.1, 0.15) is 77.7 Å². The minimum absolute atomic E-state index is 0.152. The number of nitrogens with one attached hydrogen (secondary N) is 1. The monoisotopic (exact) mass is 452 g/mol. The number of carbonyl (C=O) groups is 1. The molecule has 5 nitrogen and oxygen atoms in total. The van der Waals surface area contributed by atoms with Crippen molar-refractivity contribution in [3.8, 4) is 0 Å².